The molecule has 0 atom stereocenters. The number of carbonyl (C=O) groups is 2. The van der Waals surface area contributed by atoms with E-state index in [9.17, 15) is 14.0 Å². The monoisotopic (exact) mass is 365 g/mol. The van der Waals surface area contributed by atoms with E-state index in [0.29, 0.717) is 22.0 Å². The zero-order valence-electron chi connectivity index (χ0n) is 13.4. The molecule has 0 spiro atoms. The van der Waals surface area contributed by atoms with Crippen LogP contribution >= 0.6 is 23.4 Å². The van der Waals surface area contributed by atoms with Gasteiger partial charge in [-0.25, -0.2) is 4.39 Å². The summed E-state index contributed by atoms with van der Waals surface area (Å²) in [6.45, 7) is 1.82. The Morgan fingerprint density at radius 2 is 1.96 bits per heavy atom. The third kappa shape index (κ3) is 5.08. The Kier molecular flexibility index (Phi) is 6.40. The standard InChI is InChI=1S/C18H17ClFNO2S/c1-12(22)14-6-7-17(16(20)9-14)24-11-18(23)21(2)10-13-4-3-5-15(19)8-13/h3-9H,10-11H2,1-2H3. The topological polar surface area (TPSA) is 37.4 Å². The van der Waals surface area contributed by atoms with E-state index in [4.69, 9.17) is 11.6 Å². The lowest BCUT2D eigenvalue weighted by molar-refractivity contribution is -0.127. The minimum absolute atomic E-state index is 0.116. The van der Waals surface area contributed by atoms with Crippen LogP contribution < -0.4 is 0 Å². The van der Waals surface area contributed by atoms with Crippen molar-refractivity contribution >= 4 is 35.1 Å². The van der Waals surface area contributed by atoms with E-state index in [1.807, 2.05) is 12.1 Å². The summed E-state index contributed by atoms with van der Waals surface area (Å²) in [6.07, 6.45) is 0. The molecule has 3 nitrogen and oxygen atoms in total. The van der Waals surface area contributed by atoms with Gasteiger partial charge < -0.3 is 4.90 Å². The number of nitrogens with zero attached hydrogens (tertiary/aromatic N) is 1. The van der Waals surface area contributed by atoms with Gasteiger partial charge in [-0.15, -0.1) is 11.8 Å². The second-order valence-electron chi connectivity index (χ2n) is 5.37. The lowest BCUT2D eigenvalue weighted by Crippen LogP contribution is -2.27. The molecule has 0 aliphatic carbocycles. The molecule has 24 heavy (non-hydrogen) atoms. The maximum Gasteiger partial charge on any atom is 0.232 e. The van der Waals surface area contributed by atoms with Crippen molar-refractivity contribution in [1.82, 2.24) is 4.90 Å². The highest BCUT2D eigenvalue weighted by Gasteiger charge is 2.13. The average Bonchev–Trinajstić information content (AvgIpc) is 2.53. The summed E-state index contributed by atoms with van der Waals surface area (Å²) in [5.74, 6) is -0.677. The van der Waals surface area contributed by atoms with Crippen molar-refractivity contribution in [3.05, 3.63) is 64.4 Å². The first-order chi connectivity index (χ1) is 11.4. The first kappa shape index (κ1) is 18.5. The van der Waals surface area contributed by atoms with Crippen molar-refractivity contribution in [2.45, 2.75) is 18.4 Å². The molecule has 0 heterocycles. The third-order valence-corrected chi connectivity index (χ3v) is 4.69. The second kappa shape index (κ2) is 8.31. The van der Waals surface area contributed by atoms with Gasteiger partial charge in [0.25, 0.3) is 0 Å². The molecule has 126 valence electrons. The summed E-state index contributed by atoms with van der Waals surface area (Å²) in [4.78, 5) is 25.3. The van der Waals surface area contributed by atoms with Crippen LogP contribution in [0.2, 0.25) is 5.02 Å². The minimum atomic E-state index is -0.488. The van der Waals surface area contributed by atoms with E-state index < -0.39 is 5.82 Å². The van der Waals surface area contributed by atoms with Crippen molar-refractivity contribution in [2.75, 3.05) is 12.8 Å². The molecule has 2 aromatic rings. The van der Waals surface area contributed by atoms with Crippen LogP contribution in [-0.2, 0) is 11.3 Å². The van der Waals surface area contributed by atoms with Crippen LogP contribution in [-0.4, -0.2) is 29.4 Å². The second-order valence-corrected chi connectivity index (χ2v) is 6.82. The summed E-state index contributed by atoms with van der Waals surface area (Å²) in [5.41, 5.74) is 1.25. The summed E-state index contributed by atoms with van der Waals surface area (Å²) in [6, 6.07) is 11.6. The molecule has 0 bridgehead atoms. The van der Waals surface area contributed by atoms with Gasteiger partial charge in [0.05, 0.1) is 5.75 Å². The molecule has 0 aromatic heterocycles. The van der Waals surface area contributed by atoms with Gasteiger partial charge >= 0.3 is 0 Å². The summed E-state index contributed by atoms with van der Waals surface area (Å²) >= 11 is 7.04. The van der Waals surface area contributed by atoms with Crippen LogP contribution in [0.5, 0.6) is 0 Å². The lowest BCUT2D eigenvalue weighted by Gasteiger charge is -2.17. The number of carbonyl (C=O) groups excluding carboxylic acids is 2. The van der Waals surface area contributed by atoms with E-state index in [1.54, 1.807) is 30.1 Å². The summed E-state index contributed by atoms with van der Waals surface area (Å²) < 4.78 is 13.9. The summed E-state index contributed by atoms with van der Waals surface area (Å²) in [5, 5.41) is 0.621. The van der Waals surface area contributed by atoms with Crippen LogP contribution in [0.15, 0.2) is 47.4 Å². The SMILES string of the molecule is CC(=O)c1ccc(SCC(=O)N(C)Cc2cccc(Cl)c2)c(F)c1. The molecular weight excluding hydrogens is 349 g/mol. The fraction of sp³-hybridized carbons (Fsp3) is 0.222. The molecule has 2 rings (SSSR count). The fourth-order valence-corrected chi connectivity index (χ4v) is 3.16. The van der Waals surface area contributed by atoms with Crippen molar-refractivity contribution in [2.24, 2.45) is 0 Å². The molecule has 2 aromatic carbocycles. The van der Waals surface area contributed by atoms with Gasteiger partial charge in [-0.1, -0.05) is 29.8 Å². The first-order valence-electron chi connectivity index (χ1n) is 7.28. The maximum atomic E-state index is 13.9. The quantitative estimate of drug-likeness (QED) is 0.561. The largest absolute Gasteiger partial charge is 0.341 e. The molecule has 0 saturated carbocycles. The molecule has 0 aliphatic rings. The summed E-state index contributed by atoms with van der Waals surface area (Å²) in [7, 11) is 1.69. The van der Waals surface area contributed by atoms with Crippen molar-refractivity contribution in [1.29, 1.82) is 0 Å². The number of thioether (sulfide) groups is 1. The fourth-order valence-electron chi connectivity index (χ4n) is 2.08. The van der Waals surface area contributed by atoms with Crippen molar-refractivity contribution in [3.63, 3.8) is 0 Å². The molecule has 6 heteroatoms. The van der Waals surface area contributed by atoms with Crippen molar-refractivity contribution < 1.29 is 14.0 Å². The molecule has 0 N–H and O–H groups in total. The zero-order valence-corrected chi connectivity index (χ0v) is 15.0. The number of Topliss-reactive ketones (excluding diaryl/α,β-unsaturated/α-hetero) is 1. The predicted molar refractivity (Wildman–Crippen MR) is 95.1 cm³/mol. The van der Waals surface area contributed by atoms with E-state index in [-0.39, 0.29) is 17.4 Å². The highest BCUT2D eigenvalue weighted by molar-refractivity contribution is 8.00. The van der Waals surface area contributed by atoms with Crippen LogP contribution in [0.3, 0.4) is 0 Å². The molecule has 0 saturated heterocycles. The Hall–Kier alpha value is -1.85. The number of hydrogen-bond acceptors (Lipinski definition) is 3. The molecule has 0 unspecified atom stereocenters. The molecule has 0 radical (unpaired) electrons. The van der Waals surface area contributed by atoms with Gasteiger partial charge in [0, 0.05) is 29.1 Å². The van der Waals surface area contributed by atoms with Gasteiger partial charge in [0.15, 0.2) is 5.78 Å². The van der Waals surface area contributed by atoms with Crippen LogP contribution in [0.25, 0.3) is 0 Å². The number of rotatable bonds is 6. The Balaban J connectivity index is 1.94. The van der Waals surface area contributed by atoms with Crippen LogP contribution in [0.1, 0.15) is 22.8 Å². The zero-order chi connectivity index (χ0) is 17.7. The normalized spacial score (nSPS) is 10.5. The number of halogens is 2. The van der Waals surface area contributed by atoms with Gasteiger partial charge in [0.2, 0.25) is 5.91 Å². The highest BCUT2D eigenvalue weighted by Crippen LogP contribution is 2.23. The maximum absolute atomic E-state index is 13.9. The smallest absolute Gasteiger partial charge is 0.232 e. The molecule has 0 aliphatic heterocycles. The van der Waals surface area contributed by atoms with Crippen LogP contribution in [0.4, 0.5) is 4.39 Å². The van der Waals surface area contributed by atoms with Gasteiger partial charge in [-0.2, -0.15) is 0 Å². The van der Waals surface area contributed by atoms with Gasteiger partial charge in [0.1, 0.15) is 5.82 Å². The Labute approximate surface area is 149 Å². The molecule has 0 fully saturated rings. The lowest BCUT2D eigenvalue weighted by atomic mass is 10.1. The van der Waals surface area contributed by atoms with Gasteiger partial charge in [-0.3, -0.25) is 9.59 Å². The van der Waals surface area contributed by atoms with E-state index in [1.165, 1.54) is 19.1 Å². The molecule has 1 amide bonds. The third-order valence-electron chi connectivity index (χ3n) is 3.42. The van der Waals surface area contributed by atoms with E-state index in [0.717, 1.165) is 17.3 Å². The minimum Gasteiger partial charge on any atom is -0.341 e. The highest BCUT2D eigenvalue weighted by atomic mass is 35.5. The van der Waals surface area contributed by atoms with Crippen LogP contribution in [0, 0.1) is 5.82 Å². The number of benzene rings is 2. The average molecular weight is 366 g/mol. The number of ketones is 1. The molecular formula is C18H17ClFNO2S. The van der Waals surface area contributed by atoms with Crippen molar-refractivity contribution in [3.8, 4) is 0 Å². The number of hydrogen-bond donors (Lipinski definition) is 0. The van der Waals surface area contributed by atoms with E-state index >= 15 is 0 Å². The number of amides is 1. The van der Waals surface area contributed by atoms with E-state index in [2.05, 4.69) is 0 Å². The Bertz CT molecular complexity index is 766. The Morgan fingerprint density at radius 1 is 1.21 bits per heavy atom. The van der Waals surface area contributed by atoms with Gasteiger partial charge in [-0.05, 0) is 36.8 Å². The Morgan fingerprint density at radius 3 is 2.58 bits per heavy atom. The predicted octanol–water partition coefficient (Wildman–Crippen LogP) is 4.43. The first-order valence-corrected chi connectivity index (χ1v) is 8.65.